The fourth-order valence-electron chi connectivity index (χ4n) is 5.74. The number of amides is 1. The molecule has 2 aliphatic heterocycles. The Labute approximate surface area is 224 Å². The van der Waals surface area contributed by atoms with Crippen LogP contribution in [0.15, 0.2) is 28.9 Å². The topological polar surface area (TPSA) is 90.3 Å². The SMILES string of the molecule is CCN(CC)C(=O)[C@@H]1C=C2c3cccc4c3c(c(Br)n4C(=O)OCOC(=O)[C@@H]3CCOC3)C[C@H]2N(C)C1. The van der Waals surface area contributed by atoms with E-state index in [-0.39, 0.29) is 23.8 Å². The van der Waals surface area contributed by atoms with Gasteiger partial charge in [0.15, 0.2) is 0 Å². The molecule has 1 aliphatic carbocycles. The van der Waals surface area contributed by atoms with Crippen LogP contribution in [0, 0.1) is 11.8 Å². The molecule has 2 aromatic rings. The summed E-state index contributed by atoms with van der Waals surface area (Å²) in [5.41, 5.74) is 3.86. The number of benzene rings is 1. The number of carbonyl (C=O) groups is 3. The number of likely N-dealkylation sites (N-methyl/N-ethyl adjacent to an activating group) is 1. The van der Waals surface area contributed by atoms with E-state index in [4.69, 9.17) is 14.2 Å². The maximum Gasteiger partial charge on any atom is 0.422 e. The molecule has 10 heteroatoms. The highest BCUT2D eigenvalue weighted by Crippen LogP contribution is 2.45. The van der Waals surface area contributed by atoms with Crippen molar-refractivity contribution in [3.63, 3.8) is 0 Å². The normalized spacial score (nSPS) is 22.9. The van der Waals surface area contributed by atoms with Gasteiger partial charge in [-0.1, -0.05) is 18.2 Å². The van der Waals surface area contributed by atoms with Gasteiger partial charge in [0, 0.05) is 37.7 Å². The number of esters is 1. The lowest BCUT2D eigenvalue weighted by molar-refractivity contribution is -0.156. The van der Waals surface area contributed by atoms with Crippen LogP contribution in [-0.2, 0) is 30.2 Å². The van der Waals surface area contributed by atoms with Crippen LogP contribution in [0.3, 0.4) is 0 Å². The number of hydrogen-bond acceptors (Lipinski definition) is 7. The zero-order valence-electron chi connectivity index (χ0n) is 21.4. The predicted molar refractivity (Wildman–Crippen MR) is 141 cm³/mol. The van der Waals surface area contributed by atoms with Crippen molar-refractivity contribution in [2.75, 3.05) is 46.7 Å². The van der Waals surface area contributed by atoms with Crippen LogP contribution in [0.2, 0.25) is 0 Å². The number of hydrogen-bond donors (Lipinski definition) is 0. The average molecular weight is 574 g/mol. The second-order valence-electron chi connectivity index (χ2n) is 9.75. The molecule has 1 aromatic heterocycles. The molecule has 1 aromatic carbocycles. The Morgan fingerprint density at radius 3 is 2.68 bits per heavy atom. The van der Waals surface area contributed by atoms with Crippen molar-refractivity contribution in [1.82, 2.24) is 14.4 Å². The van der Waals surface area contributed by atoms with Gasteiger partial charge in [0.05, 0.1) is 28.6 Å². The molecule has 0 saturated carbocycles. The van der Waals surface area contributed by atoms with Gasteiger partial charge in [0.1, 0.15) is 0 Å². The lowest BCUT2D eigenvalue weighted by Crippen LogP contribution is -2.47. The van der Waals surface area contributed by atoms with E-state index >= 15 is 0 Å². The number of aromatic nitrogens is 1. The molecule has 0 bridgehead atoms. The van der Waals surface area contributed by atoms with E-state index in [9.17, 15) is 14.4 Å². The molecule has 3 heterocycles. The first kappa shape index (κ1) is 25.9. The highest BCUT2D eigenvalue weighted by molar-refractivity contribution is 9.10. The average Bonchev–Trinajstić information content (AvgIpc) is 3.53. The second kappa shape index (κ2) is 10.6. The summed E-state index contributed by atoms with van der Waals surface area (Å²) in [7, 11) is 2.05. The Morgan fingerprint density at radius 2 is 1.97 bits per heavy atom. The van der Waals surface area contributed by atoms with Gasteiger partial charge in [-0.2, -0.15) is 0 Å². The largest absolute Gasteiger partial charge is 0.427 e. The number of nitrogens with zero attached hydrogens (tertiary/aromatic N) is 3. The predicted octanol–water partition coefficient (Wildman–Crippen LogP) is 3.66. The van der Waals surface area contributed by atoms with Gasteiger partial charge in [-0.05, 0) is 72.4 Å². The molecule has 37 heavy (non-hydrogen) atoms. The van der Waals surface area contributed by atoms with Gasteiger partial charge in [0.2, 0.25) is 12.7 Å². The van der Waals surface area contributed by atoms with Gasteiger partial charge in [-0.3, -0.25) is 14.5 Å². The van der Waals surface area contributed by atoms with Crippen molar-refractivity contribution in [3.8, 4) is 0 Å². The van der Waals surface area contributed by atoms with Crippen LogP contribution in [0.25, 0.3) is 16.5 Å². The molecule has 9 nitrogen and oxygen atoms in total. The molecule has 0 spiro atoms. The monoisotopic (exact) mass is 573 g/mol. The lowest BCUT2D eigenvalue weighted by atomic mass is 9.79. The Kier molecular flexibility index (Phi) is 7.42. The van der Waals surface area contributed by atoms with Crippen molar-refractivity contribution >= 4 is 50.4 Å². The van der Waals surface area contributed by atoms with E-state index in [1.807, 2.05) is 37.9 Å². The minimum Gasteiger partial charge on any atom is -0.427 e. The van der Waals surface area contributed by atoms with Crippen LogP contribution in [0.5, 0.6) is 0 Å². The van der Waals surface area contributed by atoms with Crippen LogP contribution in [-0.4, -0.2) is 85.1 Å². The highest BCUT2D eigenvalue weighted by Gasteiger charge is 2.38. The van der Waals surface area contributed by atoms with Crippen LogP contribution in [0.4, 0.5) is 4.79 Å². The van der Waals surface area contributed by atoms with E-state index in [0.717, 1.165) is 22.1 Å². The van der Waals surface area contributed by atoms with Crippen LogP contribution >= 0.6 is 15.9 Å². The Hall–Kier alpha value is -2.69. The third kappa shape index (κ3) is 4.59. The van der Waals surface area contributed by atoms with Gasteiger partial charge >= 0.3 is 12.1 Å². The third-order valence-corrected chi connectivity index (χ3v) is 8.55. The smallest absolute Gasteiger partial charge is 0.422 e. The van der Waals surface area contributed by atoms with Crippen molar-refractivity contribution in [3.05, 3.63) is 40.0 Å². The fraction of sp³-hybridized carbons (Fsp3) is 0.519. The molecular weight excluding hydrogens is 542 g/mol. The summed E-state index contributed by atoms with van der Waals surface area (Å²) in [6.07, 6.45) is 2.80. The molecule has 5 rings (SSSR count). The Bertz CT molecular complexity index is 1260. The number of rotatable bonds is 6. The molecule has 3 aliphatic rings. The molecular formula is C27H32BrN3O6. The number of fused-ring (bicyclic) bond motifs is 2. The summed E-state index contributed by atoms with van der Waals surface area (Å²) < 4.78 is 17.8. The van der Waals surface area contributed by atoms with E-state index < -0.39 is 18.9 Å². The quantitative estimate of drug-likeness (QED) is 0.384. The standard InChI is InChI=1S/C27H32BrN3O6/c1-4-30(5-2)25(32)17-11-19-18-7-6-8-21-23(18)20(12-22(19)29(3)13-17)24(28)31(21)27(34)37-15-36-26(33)16-9-10-35-14-16/h6-8,11,16-17,22H,4-5,9-10,12-15H2,1-3H3/t16-,17-,22-/m1/s1. The molecule has 0 unspecified atom stereocenters. The van der Waals surface area contributed by atoms with Gasteiger partial charge < -0.3 is 19.1 Å². The van der Waals surface area contributed by atoms with Crippen LogP contribution < -0.4 is 0 Å². The second-order valence-corrected chi connectivity index (χ2v) is 10.5. The Morgan fingerprint density at radius 1 is 1.19 bits per heavy atom. The summed E-state index contributed by atoms with van der Waals surface area (Å²) in [6.45, 7) is 6.42. The lowest BCUT2D eigenvalue weighted by Gasteiger charge is -2.40. The van der Waals surface area contributed by atoms with Crippen LogP contribution in [0.1, 0.15) is 31.4 Å². The summed E-state index contributed by atoms with van der Waals surface area (Å²) in [5, 5.41) is 0.971. The first-order valence-corrected chi connectivity index (χ1v) is 13.6. The van der Waals surface area contributed by atoms with E-state index in [0.29, 0.717) is 55.8 Å². The molecule has 0 radical (unpaired) electrons. The first-order chi connectivity index (χ1) is 17.8. The summed E-state index contributed by atoms with van der Waals surface area (Å²) >= 11 is 3.65. The molecule has 3 atom stereocenters. The van der Waals surface area contributed by atoms with Crippen molar-refractivity contribution in [2.24, 2.45) is 11.8 Å². The fourth-order valence-corrected chi connectivity index (χ4v) is 6.43. The van der Waals surface area contributed by atoms with Gasteiger partial charge in [-0.15, -0.1) is 0 Å². The third-order valence-electron chi connectivity index (χ3n) is 7.72. The van der Waals surface area contributed by atoms with Crippen molar-refractivity contribution < 1.29 is 28.6 Å². The van der Waals surface area contributed by atoms with Crippen molar-refractivity contribution in [1.29, 1.82) is 0 Å². The van der Waals surface area contributed by atoms with Crippen molar-refractivity contribution in [2.45, 2.75) is 32.7 Å². The Balaban J connectivity index is 1.44. The summed E-state index contributed by atoms with van der Waals surface area (Å²) in [5.74, 6) is -0.812. The molecule has 1 amide bonds. The van der Waals surface area contributed by atoms with Gasteiger partial charge in [-0.25, -0.2) is 9.36 Å². The van der Waals surface area contributed by atoms with Gasteiger partial charge in [0.25, 0.3) is 0 Å². The number of ether oxygens (including phenoxy) is 3. The zero-order chi connectivity index (χ0) is 26.3. The maximum atomic E-state index is 13.2. The number of halogens is 1. The highest BCUT2D eigenvalue weighted by atomic mass is 79.9. The van der Waals surface area contributed by atoms with E-state index in [2.05, 4.69) is 33.0 Å². The zero-order valence-corrected chi connectivity index (χ0v) is 23.0. The molecule has 0 N–H and O–H groups in total. The summed E-state index contributed by atoms with van der Waals surface area (Å²) in [4.78, 5) is 42.5. The minimum absolute atomic E-state index is 0.0941. The number of carbonyl (C=O) groups excluding carboxylic acids is 3. The minimum atomic E-state index is -0.627. The first-order valence-electron chi connectivity index (χ1n) is 12.8. The van der Waals surface area contributed by atoms with E-state index in [1.54, 1.807) is 0 Å². The maximum absolute atomic E-state index is 13.2. The molecule has 198 valence electrons. The van der Waals surface area contributed by atoms with E-state index in [1.165, 1.54) is 4.57 Å². The summed E-state index contributed by atoms with van der Waals surface area (Å²) in [6, 6.07) is 5.94. The molecule has 1 fully saturated rings. The molecule has 1 saturated heterocycles.